The van der Waals surface area contributed by atoms with Crippen LogP contribution < -0.4 is 43.4 Å². The number of amides is 7. The van der Waals surface area contributed by atoms with Gasteiger partial charge in [0.2, 0.25) is 41.4 Å². The Morgan fingerprint density at radius 1 is 0.532 bits per heavy atom. The molecule has 0 aliphatic carbocycles. The number of phenols is 1. The van der Waals surface area contributed by atoms with E-state index in [4.69, 9.17) is 11.5 Å². The second kappa shape index (κ2) is 24.0. The van der Waals surface area contributed by atoms with E-state index >= 15 is 0 Å². The lowest BCUT2D eigenvalue weighted by Crippen LogP contribution is -2.62. The monoisotopic (exact) mass is 862 g/mol. The van der Waals surface area contributed by atoms with E-state index in [1.807, 2.05) is 0 Å². The summed E-state index contributed by atoms with van der Waals surface area (Å²) < 4.78 is 0. The summed E-state index contributed by atoms with van der Waals surface area (Å²) in [5.41, 5.74) is 12.2. The van der Waals surface area contributed by atoms with Crippen molar-refractivity contribution in [3.63, 3.8) is 0 Å². The molecule has 0 bridgehead atoms. The van der Waals surface area contributed by atoms with Crippen LogP contribution in [-0.2, 0) is 62.4 Å². The summed E-state index contributed by atoms with van der Waals surface area (Å²) in [6.45, 7) is 0.724. The second-order valence-corrected chi connectivity index (χ2v) is 14.2. The number of nitrogens with one attached hydrogen (secondary N) is 6. The average molecular weight is 863 g/mol. The topological polar surface area (TPSA) is 359 Å². The first-order valence-electron chi connectivity index (χ1n) is 19.1. The average Bonchev–Trinajstić information content (AvgIpc) is 3.22. The highest BCUT2D eigenvalue weighted by Crippen LogP contribution is 2.13. The zero-order valence-corrected chi connectivity index (χ0v) is 33.5. The van der Waals surface area contributed by atoms with Crippen LogP contribution in [0.2, 0.25) is 0 Å². The zero-order valence-electron chi connectivity index (χ0n) is 33.5. The standard InChI is InChI=1S/C41H50N8O13/c1-22(50)35(49-39(59)27(44-33(53)21-42)16-23-8-4-2-5-9-23)40(60)47-28(17-24-10-6-3-7-11-24)36(56)46-30(20-34(54)55)38(58)45-29(19-32(43)52)37(57)48-31(41(61)62)18-25-12-14-26(51)15-13-25/h2-15,22,27-31,35,50-51H,16-21,42H2,1H3,(H2,43,52)(H,44,53)(H,45,58)(H,46,56)(H,47,60)(H,48,57)(H,49,59)(H,54,55)(H,61,62)/t22-,27+,28+,29+,30+,31+,35+/m1/s1. The van der Waals surface area contributed by atoms with Gasteiger partial charge >= 0.3 is 11.9 Å². The fourth-order valence-electron chi connectivity index (χ4n) is 5.97. The van der Waals surface area contributed by atoms with E-state index in [1.54, 1.807) is 60.7 Å². The number of hydrogen-bond acceptors (Lipinski definition) is 12. The molecule has 0 radical (unpaired) electrons. The lowest BCUT2D eigenvalue weighted by molar-refractivity contribution is -0.143. The van der Waals surface area contributed by atoms with Crippen LogP contribution in [0.1, 0.15) is 36.5 Å². The van der Waals surface area contributed by atoms with Crippen molar-refractivity contribution in [2.24, 2.45) is 11.5 Å². The van der Waals surface area contributed by atoms with Gasteiger partial charge in [-0.05, 0) is 35.7 Å². The Kier molecular flexibility index (Phi) is 19.0. The van der Waals surface area contributed by atoms with Crippen molar-refractivity contribution < 1.29 is 63.6 Å². The highest BCUT2D eigenvalue weighted by molar-refractivity contribution is 5.99. The van der Waals surface area contributed by atoms with Crippen molar-refractivity contribution in [3.8, 4) is 5.75 Å². The number of phenolic OH excluding ortho intramolecular Hbond substituents is 1. The predicted molar refractivity (Wildman–Crippen MR) is 218 cm³/mol. The van der Waals surface area contributed by atoms with Crippen molar-refractivity contribution in [1.29, 1.82) is 0 Å². The summed E-state index contributed by atoms with van der Waals surface area (Å²) in [7, 11) is 0. The number of carbonyl (C=O) groups is 9. The molecular weight excluding hydrogens is 812 g/mol. The molecule has 0 aliphatic rings. The first kappa shape index (κ1) is 49.0. The number of rotatable bonds is 24. The molecule has 7 atom stereocenters. The fraction of sp³-hybridized carbons (Fsp3) is 0.341. The Bertz CT molecular complexity index is 2050. The number of primary amides is 1. The maximum absolute atomic E-state index is 13.9. The van der Waals surface area contributed by atoms with Gasteiger partial charge in [0.25, 0.3) is 0 Å². The first-order valence-corrected chi connectivity index (χ1v) is 19.1. The van der Waals surface area contributed by atoms with Crippen LogP contribution in [0.15, 0.2) is 84.9 Å². The lowest BCUT2D eigenvalue weighted by atomic mass is 10.0. The molecule has 0 fully saturated rings. The van der Waals surface area contributed by atoms with Gasteiger partial charge < -0.3 is 63.8 Å². The number of aliphatic hydroxyl groups excluding tert-OH is 1. The van der Waals surface area contributed by atoms with Gasteiger partial charge in [0, 0.05) is 19.3 Å². The van der Waals surface area contributed by atoms with E-state index in [0.717, 1.165) is 0 Å². The third kappa shape index (κ3) is 16.3. The Labute approximate surface area is 355 Å². The molecule has 7 amide bonds. The van der Waals surface area contributed by atoms with E-state index in [2.05, 4.69) is 31.9 Å². The highest BCUT2D eigenvalue weighted by atomic mass is 16.4. The van der Waals surface area contributed by atoms with E-state index < -0.39 is 115 Å². The Hall–Kier alpha value is -7.39. The molecule has 14 N–H and O–H groups in total. The number of carbonyl (C=O) groups excluding carboxylic acids is 7. The quantitative estimate of drug-likeness (QED) is 0.0430. The van der Waals surface area contributed by atoms with Gasteiger partial charge in [-0.15, -0.1) is 0 Å². The van der Waals surface area contributed by atoms with Crippen molar-refractivity contribution >= 4 is 53.3 Å². The van der Waals surface area contributed by atoms with Gasteiger partial charge in [-0.3, -0.25) is 38.4 Å². The molecule has 62 heavy (non-hydrogen) atoms. The molecule has 0 saturated carbocycles. The molecule has 0 heterocycles. The molecule has 21 heteroatoms. The van der Waals surface area contributed by atoms with Gasteiger partial charge in [0.15, 0.2) is 0 Å². The summed E-state index contributed by atoms with van der Waals surface area (Å²) in [5, 5.41) is 53.5. The van der Waals surface area contributed by atoms with Crippen LogP contribution in [-0.4, -0.2) is 123 Å². The van der Waals surface area contributed by atoms with Crippen molar-refractivity contribution in [1.82, 2.24) is 31.9 Å². The number of hydrogen-bond donors (Lipinski definition) is 12. The summed E-state index contributed by atoms with van der Waals surface area (Å²) >= 11 is 0. The third-order valence-corrected chi connectivity index (χ3v) is 9.14. The number of aromatic hydroxyl groups is 1. The molecule has 332 valence electrons. The zero-order chi connectivity index (χ0) is 45.9. The lowest BCUT2D eigenvalue weighted by Gasteiger charge is -2.28. The number of benzene rings is 3. The van der Waals surface area contributed by atoms with Gasteiger partial charge in [0.05, 0.1) is 25.5 Å². The molecule has 0 aliphatic heterocycles. The Balaban J connectivity index is 1.86. The van der Waals surface area contributed by atoms with Gasteiger partial charge in [-0.2, -0.15) is 0 Å². The third-order valence-electron chi connectivity index (χ3n) is 9.14. The van der Waals surface area contributed by atoms with Crippen LogP contribution >= 0.6 is 0 Å². The summed E-state index contributed by atoms with van der Waals surface area (Å²) in [5.74, 6) is -10.6. The highest BCUT2D eigenvalue weighted by Gasteiger charge is 2.36. The molecule has 3 aromatic carbocycles. The summed E-state index contributed by atoms with van der Waals surface area (Å²) in [6.07, 6.45) is -4.13. The maximum atomic E-state index is 13.9. The molecule has 0 saturated heterocycles. The van der Waals surface area contributed by atoms with E-state index in [-0.39, 0.29) is 25.0 Å². The molecule has 0 aromatic heterocycles. The Morgan fingerprint density at radius 2 is 0.935 bits per heavy atom. The van der Waals surface area contributed by atoms with E-state index in [9.17, 15) is 63.6 Å². The first-order chi connectivity index (χ1) is 29.4. The van der Waals surface area contributed by atoms with Crippen molar-refractivity contribution in [2.75, 3.05) is 6.54 Å². The number of carboxylic acids is 2. The fourth-order valence-corrected chi connectivity index (χ4v) is 5.97. The smallest absolute Gasteiger partial charge is 0.326 e. The summed E-state index contributed by atoms with van der Waals surface area (Å²) in [6, 6.07) is 12.0. The number of aliphatic hydroxyl groups is 1. The maximum Gasteiger partial charge on any atom is 0.326 e. The normalized spacial score (nSPS) is 14.2. The van der Waals surface area contributed by atoms with E-state index in [1.165, 1.54) is 31.2 Å². The molecule has 21 nitrogen and oxygen atoms in total. The molecule has 0 spiro atoms. The van der Waals surface area contributed by atoms with Gasteiger partial charge in [-0.25, -0.2) is 4.79 Å². The van der Waals surface area contributed by atoms with Crippen molar-refractivity contribution in [2.45, 2.75) is 81.4 Å². The summed E-state index contributed by atoms with van der Waals surface area (Å²) in [4.78, 5) is 116. The minimum absolute atomic E-state index is 0.0272. The number of carboxylic acid groups (broad SMARTS) is 2. The minimum Gasteiger partial charge on any atom is -0.508 e. The molecule has 3 aromatic rings. The van der Waals surface area contributed by atoms with Crippen molar-refractivity contribution in [3.05, 3.63) is 102 Å². The van der Waals surface area contributed by atoms with Crippen LogP contribution in [0, 0.1) is 0 Å². The number of aliphatic carboxylic acids is 2. The largest absolute Gasteiger partial charge is 0.508 e. The Morgan fingerprint density at radius 3 is 1.39 bits per heavy atom. The van der Waals surface area contributed by atoms with Crippen LogP contribution in [0.25, 0.3) is 0 Å². The van der Waals surface area contributed by atoms with Gasteiger partial charge in [-0.1, -0.05) is 72.8 Å². The minimum atomic E-state index is -1.97. The van der Waals surface area contributed by atoms with Crippen LogP contribution in [0.4, 0.5) is 0 Å². The molecule has 3 rings (SSSR count). The second-order valence-electron chi connectivity index (χ2n) is 14.2. The predicted octanol–water partition coefficient (Wildman–Crippen LogP) is -2.90. The van der Waals surface area contributed by atoms with Crippen LogP contribution in [0.3, 0.4) is 0 Å². The van der Waals surface area contributed by atoms with E-state index in [0.29, 0.717) is 16.7 Å². The van der Waals surface area contributed by atoms with Crippen LogP contribution in [0.5, 0.6) is 5.75 Å². The number of nitrogens with two attached hydrogens (primary N) is 2. The molecular formula is C41H50N8O13. The molecule has 0 unspecified atom stereocenters. The SMILES string of the molecule is C[C@@H](O)[C@H](NC(=O)[C@H](Cc1ccccc1)NC(=O)CN)C(=O)N[C@@H](Cc1ccccc1)C(=O)N[C@@H](CC(=O)O)C(=O)N[C@@H](CC(N)=O)C(=O)N[C@@H](Cc1ccc(O)cc1)C(=O)O. The van der Waals surface area contributed by atoms with Gasteiger partial charge in [0.1, 0.15) is 42.0 Å².